The number of rotatable bonds is 2. The summed E-state index contributed by atoms with van der Waals surface area (Å²) in [6.07, 6.45) is 0. The molecule has 0 radical (unpaired) electrons. The van der Waals surface area contributed by atoms with Crippen LogP contribution in [0.5, 0.6) is 0 Å². The molecule has 0 fully saturated rings. The lowest BCUT2D eigenvalue weighted by molar-refractivity contribution is 0.101. The van der Waals surface area contributed by atoms with Gasteiger partial charge in [-0.3, -0.25) is 10.1 Å². The van der Waals surface area contributed by atoms with E-state index in [1.807, 2.05) is 5.21 Å². The molecule has 0 atom stereocenters. The van der Waals surface area contributed by atoms with E-state index in [1.165, 1.54) is 0 Å². The van der Waals surface area contributed by atoms with E-state index in [0.29, 0.717) is 0 Å². The highest BCUT2D eigenvalue weighted by Gasteiger charge is 2.30. The van der Waals surface area contributed by atoms with Crippen LogP contribution in [0.2, 0.25) is 0 Å². The number of aromatic amines is 1. The fourth-order valence-corrected chi connectivity index (χ4v) is 1.18. The van der Waals surface area contributed by atoms with E-state index in [4.69, 9.17) is 0 Å². The molecule has 19 heavy (non-hydrogen) atoms. The van der Waals surface area contributed by atoms with Crippen LogP contribution in [0.1, 0.15) is 10.4 Å². The van der Waals surface area contributed by atoms with Gasteiger partial charge in [0.2, 0.25) is 5.82 Å². The van der Waals surface area contributed by atoms with Crippen LogP contribution in [0.3, 0.4) is 0 Å². The molecular formula is C8H2F5N5O. The Kier molecular flexibility index (Phi) is 3.10. The number of anilines is 1. The first kappa shape index (κ1) is 12.9. The summed E-state index contributed by atoms with van der Waals surface area (Å²) < 4.78 is 64.9. The summed E-state index contributed by atoms with van der Waals surface area (Å²) in [7, 11) is 0. The molecule has 1 amide bonds. The van der Waals surface area contributed by atoms with Crippen molar-refractivity contribution in [2.24, 2.45) is 0 Å². The number of nitrogens with zero attached hydrogens (tertiary/aromatic N) is 3. The summed E-state index contributed by atoms with van der Waals surface area (Å²) in [4.78, 5) is 11.4. The molecule has 2 N–H and O–H groups in total. The average Bonchev–Trinajstić information content (AvgIpc) is 2.87. The summed E-state index contributed by atoms with van der Waals surface area (Å²) >= 11 is 0. The summed E-state index contributed by atoms with van der Waals surface area (Å²) in [5.74, 6) is -13.4. The van der Waals surface area contributed by atoms with Crippen LogP contribution in [-0.2, 0) is 0 Å². The number of tetrazole rings is 1. The lowest BCUT2D eigenvalue weighted by Crippen LogP contribution is -2.20. The van der Waals surface area contributed by atoms with Gasteiger partial charge in [-0.25, -0.2) is 22.0 Å². The van der Waals surface area contributed by atoms with Gasteiger partial charge in [0, 0.05) is 0 Å². The Balaban J connectivity index is 2.48. The number of H-pyrrole nitrogens is 1. The fourth-order valence-electron chi connectivity index (χ4n) is 1.18. The van der Waals surface area contributed by atoms with Gasteiger partial charge in [-0.05, 0) is 5.21 Å². The van der Waals surface area contributed by atoms with Gasteiger partial charge in [0.25, 0.3) is 11.9 Å². The first-order valence-electron chi connectivity index (χ1n) is 4.49. The molecule has 0 aliphatic heterocycles. The Hall–Kier alpha value is -2.59. The van der Waals surface area contributed by atoms with E-state index in [1.54, 1.807) is 5.32 Å². The number of aromatic nitrogens is 4. The van der Waals surface area contributed by atoms with Gasteiger partial charge >= 0.3 is 0 Å². The second-order valence-electron chi connectivity index (χ2n) is 3.13. The van der Waals surface area contributed by atoms with E-state index < -0.39 is 46.5 Å². The van der Waals surface area contributed by atoms with Crippen LogP contribution in [-0.4, -0.2) is 26.5 Å². The average molecular weight is 279 g/mol. The maximum atomic E-state index is 13.2. The Morgan fingerprint density at radius 1 is 0.947 bits per heavy atom. The molecule has 0 unspecified atom stereocenters. The predicted octanol–water partition coefficient (Wildman–Crippen LogP) is 1.15. The van der Waals surface area contributed by atoms with Gasteiger partial charge in [0.15, 0.2) is 23.3 Å². The van der Waals surface area contributed by atoms with Crippen LogP contribution in [0.15, 0.2) is 0 Å². The van der Waals surface area contributed by atoms with Crippen molar-refractivity contribution in [2.45, 2.75) is 0 Å². The minimum atomic E-state index is -2.36. The molecule has 11 heteroatoms. The van der Waals surface area contributed by atoms with Gasteiger partial charge in [-0.15, -0.1) is 5.10 Å². The Labute approximate surface area is 100 Å². The third-order valence-electron chi connectivity index (χ3n) is 2.01. The maximum Gasteiger partial charge on any atom is 0.270 e. The molecule has 0 saturated carbocycles. The highest BCUT2D eigenvalue weighted by Crippen LogP contribution is 2.23. The summed E-state index contributed by atoms with van der Waals surface area (Å²) in [6, 6.07) is 0. The number of hydrogen-bond donors (Lipinski definition) is 2. The summed E-state index contributed by atoms with van der Waals surface area (Å²) in [5.41, 5.74) is -1.64. The van der Waals surface area contributed by atoms with Crippen LogP contribution in [0, 0.1) is 29.1 Å². The summed E-state index contributed by atoms with van der Waals surface area (Å²) in [6.45, 7) is 0. The van der Waals surface area contributed by atoms with E-state index >= 15 is 0 Å². The van der Waals surface area contributed by atoms with Gasteiger partial charge in [0.05, 0.1) is 0 Å². The minimum absolute atomic E-state index is 0.492. The third kappa shape index (κ3) is 2.09. The standard InChI is InChI=1S/C8H2F5N5O/c9-2-1(3(10)5(12)6(13)4(2)11)7(19)14-8-15-17-18-16-8/h(H2,14,15,16,17,18,19). The highest BCUT2D eigenvalue weighted by molar-refractivity contribution is 6.03. The second-order valence-corrected chi connectivity index (χ2v) is 3.13. The monoisotopic (exact) mass is 279 g/mol. The van der Waals surface area contributed by atoms with Gasteiger partial charge in [-0.1, -0.05) is 5.10 Å². The Morgan fingerprint density at radius 2 is 1.47 bits per heavy atom. The van der Waals surface area contributed by atoms with Crippen molar-refractivity contribution in [2.75, 3.05) is 5.32 Å². The van der Waals surface area contributed by atoms with Gasteiger partial charge < -0.3 is 0 Å². The lowest BCUT2D eigenvalue weighted by Gasteiger charge is -2.06. The van der Waals surface area contributed by atoms with Crippen molar-refractivity contribution < 1.29 is 26.7 Å². The molecule has 2 aromatic rings. The highest BCUT2D eigenvalue weighted by atomic mass is 19.2. The molecule has 0 spiro atoms. The molecule has 1 aromatic carbocycles. The number of carbonyl (C=O) groups excluding carboxylic acids is 1. The van der Waals surface area contributed by atoms with Crippen LogP contribution < -0.4 is 5.32 Å². The van der Waals surface area contributed by atoms with Crippen LogP contribution in [0.4, 0.5) is 27.9 Å². The van der Waals surface area contributed by atoms with Crippen LogP contribution in [0.25, 0.3) is 0 Å². The first-order valence-corrected chi connectivity index (χ1v) is 4.49. The lowest BCUT2D eigenvalue weighted by atomic mass is 10.1. The summed E-state index contributed by atoms with van der Waals surface area (Å²) in [5, 5.41) is 13.1. The molecule has 0 saturated heterocycles. The number of nitrogens with one attached hydrogen (secondary N) is 2. The predicted molar refractivity (Wildman–Crippen MR) is 48.4 cm³/mol. The zero-order valence-electron chi connectivity index (χ0n) is 8.64. The van der Waals surface area contributed by atoms with Crippen molar-refractivity contribution in [1.82, 2.24) is 20.6 Å². The Bertz CT molecular complexity index is 614. The molecule has 1 heterocycles. The zero-order chi connectivity index (χ0) is 14.2. The van der Waals surface area contributed by atoms with E-state index in [-0.39, 0.29) is 0 Å². The molecule has 0 aliphatic rings. The topological polar surface area (TPSA) is 83.6 Å². The third-order valence-corrected chi connectivity index (χ3v) is 2.01. The SMILES string of the molecule is O=C(Nc1nn[nH]n1)c1c(F)c(F)c(F)c(F)c1F. The van der Waals surface area contributed by atoms with E-state index in [0.717, 1.165) is 0 Å². The second kappa shape index (κ2) is 4.59. The fraction of sp³-hybridized carbons (Fsp3) is 0. The van der Waals surface area contributed by atoms with E-state index in [9.17, 15) is 26.7 Å². The molecule has 0 bridgehead atoms. The Morgan fingerprint density at radius 3 is 1.95 bits per heavy atom. The molecule has 1 aromatic heterocycles. The van der Waals surface area contributed by atoms with Crippen molar-refractivity contribution in [3.05, 3.63) is 34.6 Å². The zero-order valence-corrected chi connectivity index (χ0v) is 8.64. The number of halogens is 5. The molecular weight excluding hydrogens is 277 g/mol. The molecule has 100 valence electrons. The minimum Gasteiger partial charge on any atom is -0.288 e. The molecule has 2 rings (SSSR count). The van der Waals surface area contributed by atoms with Crippen molar-refractivity contribution in [3.8, 4) is 0 Å². The maximum absolute atomic E-state index is 13.2. The van der Waals surface area contributed by atoms with Crippen molar-refractivity contribution in [1.29, 1.82) is 0 Å². The number of carbonyl (C=O) groups is 1. The number of benzene rings is 1. The number of hydrogen-bond acceptors (Lipinski definition) is 4. The van der Waals surface area contributed by atoms with Crippen molar-refractivity contribution >= 4 is 11.9 Å². The largest absolute Gasteiger partial charge is 0.288 e. The number of amides is 1. The smallest absolute Gasteiger partial charge is 0.270 e. The van der Waals surface area contributed by atoms with Gasteiger partial charge in [0.1, 0.15) is 5.56 Å². The van der Waals surface area contributed by atoms with Crippen LogP contribution >= 0.6 is 0 Å². The normalized spacial score (nSPS) is 10.6. The van der Waals surface area contributed by atoms with Gasteiger partial charge in [-0.2, -0.15) is 5.21 Å². The van der Waals surface area contributed by atoms with Crippen molar-refractivity contribution in [3.63, 3.8) is 0 Å². The quantitative estimate of drug-likeness (QED) is 0.490. The molecule has 6 nitrogen and oxygen atoms in total. The first-order chi connectivity index (χ1) is 8.93. The molecule has 0 aliphatic carbocycles. The van der Waals surface area contributed by atoms with E-state index in [2.05, 4.69) is 15.4 Å².